The number of rotatable bonds is 3. The maximum Gasteiger partial charge on any atom is 0.260 e. The molecule has 1 aliphatic rings. The summed E-state index contributed by atoms with van der Waals surface area (Å²) >= 11 is 5.84. The molecule has 5 heteroatoms. The SMILES string of the molecule is CC1(O)CCN(C(=O)COc2cccc(Cl)c2)CC1. The molecular weight excluding hydrogens is 266 g/mol. The average Bonchev–Trinajstić information content (AvgIpc) is 2.36. The van der Waals surface area contributed by atoms with Crippen LogP contribution < -0.4 is 4.74 Å². The minimum absolute atomic E-state index is 0.00247. The van der Waals surface area contributed by atoms with Crippen LogP contribution in [0.25, 0.3) is 0 Å². The molecule has 0 spiro atoms. The molecule has 1 fully saturated rings. The molecule has 1 heterocycles. The number of piperidine rings is 1. The molecule has 0 radical (unpaired) electrons. The van der Waals surface area contributed by atoms with E-state index in [1.807, 2.05) is 0 Å². The second kappa shape index (κ2) is 5.80. The van der Waals surface area contributed by atoms with Crippen LogP contribution in [0.1, 0.15) is 19.8 Å². The predicted octanol–water partition coefficient (Wildman–Crippen LogP) is 2.09. The Balaban J connectivity index is 1.82. The summed E-state index contributed by atoms with van der Waals surface area (Å²) in [6, 6.07) is 6.97. The van der Waals surface area contributed by atoms with Gasteiger partial charge in [-0.25, -0.2) is 0 Å². The van der Waals surface area contributed by atoms with E-state index in [0.29, 0.717) is 36.7 Å². The van der Waals surface area contributed by atoms with Crippen molar-refractivity contribution in [1.29, 1.82) is 0 Å². The first kappa shape index (κ1) is 14.2. The van der Waals surface area contributed by atoms with Gasteiger partial charge in [0.25, 0.3) is 5.91 Å². The van der Waals surface area contributed by atoms with Gasteiger partial charge in [-0.05, 0) is 38.0 Å². The number of hydrogen-bond donors (Lipinski definition) is 1. The number of aliphatic hydroxyl groups is 1. The van der Waals surface area contributed by atoms with Crippen molar-refractivity contribution in [2.75, 3.05) is 19.7 Å². The zero-order valence-corrected chi connectivity index (χ0v) is 11.7. The highest BCUT2D eigenvalue weighted by Crippen LogP contribution is 2.21. The highest BCUT2D eigenvalue weighted by molar-refractivity contribution is 6.30. The molecule has 1 aromatic rings. The largest absolute Gasteiger partial charge is 0.484 e. The quantitative estimate of drug-likeness (QED) is 0.924. The summed E-state index contributed by atoms with van der Waals surface area (Å²) in [6.45, 7) is 2.95. The Kier molecular flexibility index (Phi) is 4.32. The molecule has 1 aliphatic heterocycles. The number of halogens is 1. The summed E-state index contributed by atoms with van der Waals surface area (Å²) in [7, 11) is 0. The van der Waals surface area contributed by atoms with E-state index >= 15 is 0 Å². The van der Waals surface area contributed by atoms with Gasteiger partial charge >= 0.3 is 0 Å². The smallest absolute Gasteiger partial charge is 0.260 e. The fraction of sp³-hybridized carbons (Fsp3) is 0.500. The molecule has 2 rings (SSSR count). The van der Waals surface area contributed by atoms with Crippen LogP contribution >= 0.6 is 11.6 Å². The van der Waals surface area contributed by atoms with Crippen molar-refractivity contribution >= 4 is 17.5 Å². The molecule has 4 nitrogen and oxygen atoms in total. The highest BCUT2D eigenvalue weighted by atomic mass is 35.5. The van der Waals surface area contributed by atoms with Gasteiger partial charge in [-0.1, -0.05) is 17.7 Å². The fourth-order valence-electron chi connectivity index (χ4n) is 2.03. The second-order valence-corrected chi connectivity index (χ2v) is 5.56. The van der Waals surface area contributed by atoms with Crippen molar-refractivity contribution < 1.29 is 14.6 Å². The molecule has 0 saturated carbocycles. The molecule has 1 N–H and O–H groups in total. The van der Waals surface area contributed by atoms with Crippen LogP contribution in [0.5, 0.6) is 5.75 Å². The van der Waals surface area contributed by atoms with Crippen LogP contribution in [0.2, 0.25) is 5.02 Å². The molecule has 0 aromatic heterocycles. The van der Waals surface area contributed by atoms with Crippen molar-refractivity contribution in [2.24, 2.45) is 0 Å². The summed E-state index contributed by atoms with van der Waals surface area (Å²) in [5, 5.41) is 10.4. The third-order valence-electron chi connectivity index (χ3n) is 3.35. The number of nitrogens with zero attached hydrogens (tertiary/aromatic N) is 1. The molecule has 1 aromatic carbocycles. The Bertz CT molecular complexity index is 452. The highest BCUT2D eigenvalue weighted by Gasteiger charge is 2.29. The molecule has 0 aliphatic carbocycles. The van der Waals surface area contributed by atoms with E-state index in [-0.39, 0.29) is 12.5 Å². The van der Waals surface area contributed by atoms with Crippen LogP contribution in [0.3, 0.4) is 0 Å². The number of carbonyl (C=O) groups is 1. The fourth-order valence-corrected chi connectivity index (χ4v) is 2.21. The molecule has 1 amide bonds. The summed E-state index contributed by atoms with van der Waals surface area (Å²) < 4.78 is 5.42. The molecule has 0 bridgehead atoms. The van der Waals surface area contributed by atoms with Crippen LogP contribution in [-0.4, -0.2) is 41.2 Å². The number of hydrogen-bond acceptors (Lipinski definition) is 3. The van der Waals surface area contributed by atoms with E-state index in [1.54, 1.807) is 36.1 Å². The van der Waals surface area contributed by atoms with E-state index in [1.165, 1.54) is 0 Å². The lowest BCUT2D eigenvalue weighted by Gasteiger charge is -2.35. The minimum atomic E-state index is -0.648. The lowest BCUT2D eigenvalue weighted by molar-refractivity contribution is -0.137. The molecule has 0 unspecified atom stereocenters. The average molecular weight is 284 g/mol. The van der Waals surface area contributed by atoms with Crippen LogP contribution in [-0.2, 0) is 4.79 Å². The Labute approximate surface area is 117 Å². The topological polar surface area (TPSA) is 49.8 Å². The van der Waals surface area contributed by atoms with Crippen molar-refractivity contribution in [3.63, 3.8) is 0 Å². The summed E-state index contributed by atoms with van der Waals surface area (Å²) in [5.74, 6) is 0.528. The van der Waals surface area contributed by atoms with Crippen LogP contribution in [0.15, 0.2) is 24.3 Å². The van der Waals surface area contributed by atoms with E-state index in [9.17, 15) is 9.90 Å². The van der Waals surface area contributed by atoms with Gasteiger partial charge in [-0.15, -0.1) is 0 Å². The zero-order chi connectivity index (χ0) is 13.9. The second-order valence-electron chi connectivity index (χ2n) is 5.12. The minimum Gasteiger partial charge on any atom is -0.484 e. The van der Waals surface area contributed by atoms with Gasteiger partial charge in [0, 0.05) is 18.1 Å². The first-order valence-electron chi connectivity index (χ1n) is 6.35. The molecule has 19 heavy (non-hydrogen) atoms. The molecule has 0 atom stereocenters. The molecule has 1 saturated heterocycles. The van der Waals surface area contributed by atoms with Gasteiger partial charge in [0.2, 0.25) is 0 Å². The third kappa shape index (κ3) is 4.11. The van der Waals surface area contributed by atoms with Gasteiger partial charge in [-0.3, -0.25) is 4.79 Å². The summed E-state index contributed by atoms with van der Waals surface area (Å²) in [6.07, 6.45) is 1.21. The normalized spacial score (nSPS) is 18.2. The number of carbonyl (C=O) groups excluding carboxylic acids is 1. The lowest BCUT2D eigenvalue weighted by Crippen LogP contribution is -2.46. The van der Waals surface area contributed by atoms with Crippen molar-refractivity contribution in [3.8, 4) is 5.75 Å². The van der Waals surface area contributed by atoms with E-state index in [2.05, 4.69) is 0 Å². The van der Waals surface area contributed by atoms with Crippen LogP contribution in [0.4, 0.5) is 0 Å². The lowest BCUT2D eigenvalue weighted by atomic mass is 9.94. The number of benzene rings is 1. The van der Waals surface area contributed by atoms with Gasteiger partial charge in [-0.2, -0.15) is 0 Å². The molecule has 104 valence electrons. The maximum atomic E-state index is 12.0. The Morgan fingerprint density at radius 2 is 2.16 bits per heavy atom. The maximum absolute atomic E-state index is 12.0. The predicted molar refractivity (Wildman–Crippen MR) is 73.4 cm³/mol. The Hall–Kier alpha value is -1.26. The van der Waals surface area contributed by atoms with Crippen LogP contribution in [0, 0.1) is 0 Å². The Morgan fingerprint density at radius 3 is 2.79 bits per heavy atom. The number of likely N-dealkylation sites (tertiary alicyclic amines) is 1. The van der Waals surface area contributed by atoms with Crippen molar-refractivity contribution in [2.45, 2.75) is 25.4 Å². The van der Waals surface area contributed by atoms with Gasteiger partial charge in [0.15, 0.2) is 6.61 Å². The van der Waals surface area contributed by atoms with E-state index in [4.69, 9.17) is 16.3 Å². The zero-order valence-electron chi connectivity index (χ0n) is 10.9. The van der Waals surface area contributed by atoms with E-state index < -0.39 is 5.60 Å². The standard InChI is InChI=1S/C14H18ClNO3/c1-14(18)5-7-16(8-6-14)13(17)10-19-12-4-2-3-11(15)9-12/h2-4,9,18H,5-8,10H2,1H3. The molecular formula is C14H18ClNO3. The first-order valence-corrected chi connectivity index (χ1v) is 6.73. The number of ether oxygens (including phenoxy) is 1. The summed E-state index contributed by atoms with van der Waals surface area (Å²) in [5.41, 5.74) is -0.648. The first-order chi connectivity index (χ1) is 8.96. The van der Waals surface area contributed by atoms with E-state index in [0.717, 1.165) is 0 Å². The van der Waals surface area contributed by atoms with Gasteiger partial charge < -0.3 is 14.7 Å². The summed E-state index contributed by atoms with van der Waals surface area (Å²) in [4.78, 5) is 13.7. The Morgan fingerprint density at radius 1 is 1.47 bits per heavy atom. The van der Waals surface area contributed by atoms with Gasteiger partial charge in [0.05, 0.1) is 5.60 Å². The monoisotopic (exact) mass is 283 g/mol. The van der Waals surface area contributed by atoms with Gasteiger partial charge in [0.1, 0.15) is 5.75 Å². The van der Waals surface area contributed by atoms with Crippen molar-refractivity contribution in [3.05, 3.63) is 29.3 Å². The third-order valence-corrected chi connectivity index (χ3v) is 3.59. The number of amides is 1. The van der Waals surface area contributed by atoms with Crippen molar-refractivity contribution in [1.82, 2.24) is 4.90 Å².